The van der Waals surface area contributed by atoms with Gasteiger partial charge in [-0.3, -0.25) is 9.97 Å². The van der Waals surface area contributed by atoms with E-state index in [-0.39, 0.29) is 5.95 Å². The summed E-state index contributed by atoms with van der Waals surface area (Å²) >= 11 is 0. The normalized spacial score (nSPS) is 10.9. The third-order valence-corrected chi connectivity index (χ3v) is 3.38. The van der Waals surface area contributed by atoms with Crippen LogP contribution in [0.2, 0.25) is 0 Å². The van der Waals surface area contributed by atoms with Crippen LogP contribution in [-0.4, -0.2) is 24.6 Å². The average Bonchev–Trinajstić information content (AvgIpc) is 2.95. The number of pyridine rings is 3. The first-order chi connectivity index (χ1) is 10.8. The highest BCUT2D eigenvalue weighted by Gasteiger charge is 2.11. The Kier molecular flexibility index (Phi) is 2.79. The third-order valence-electron chi connectivity index (χ3n) is 3.38. The molecule has 0 atom stereocenters. The zero-order chi connectivity index (χ0) is 14.9. The van der Waals surface area contributed by atoms with E-state index in [0.717, 1.165) is 22.5 Å². The first-order valence-corrected chi connectivity index (χ1v) is 6.79. The molecule has 0 amide bonds. The van der Waals surface area contributed by atoms with Gasteiger partial charge in [-0.05, 0) is 35.9 Å². The number of nitrogens with zero attached hydrogens (tertiary/aromatic N) is 5. The van der Waals surface area contributed by atoms with E-state index < -0.39 is 0 Å². The van der Waals surface area contributed by atoms with Crippen LogP contribution in [0, 0.1) is 0 Å². The van der Waals surface area contributed by atoms with Gasteiger partial charge in [-0.25, -0.2) is 4.52 Å². The molecule has 2 N–H and O–H groups in total. The number of fused-ring (bicyclic) bond motifs is 1. The van der Waals surface area contributed by atoms with Gasteiger partial charge in [0.25, 0.3) is 0 Å². The summed E-state index contributed by atoms with van der Waals surface area (Å²) in [7, 11) is 0. The van der Waals surface area contributed by atoms with E-state index in [4.69, 9.17) is 5.73 Å². The minimum Gasteiger partial charge on any atom is -0.366 e. The molecule has 4 rings (SSSR count). The van der Waals surface area contributed by atoms with Crippen LogP contribution in [0.3, 0.4) is 0 Å². The molecule has 0 radical (unpaired) electrons. The van der Waals surface area contributed by atoms with Gasteiger partial charge in [-0.15, -0.1) is 5.10 Å². The molecule has 0 aliphatic carbocycles. The summed E-state index contributed by atoms with van der Waals surface area (Å²) in [5.41, 5.74) is 10.1. The van der Waals surface area contributed by atoms with Crippen molar-refractivity contribution in [2.75, 3.05) is 5.73 Å². The minimum atomic E-state index is 0.237. The van der Waals surface area contributed by atoms with Crippen molar-refractivity contribution >= 4 is 11.6 Å². The third kappa shape index (κ3) is 2.07. The molecule has 0 spiro atoms. The SMILES string of the molecule is Nc1nc2cc(-c3cccnc3)cc(-c3ccccn3)n2n1. The molecule has 6 nitrogen and oxygen atoms in total. The van der Waals surface area contributed by atoms with Gasteiger partial charge in [-0.1, -0.05) is 12.1 Å². The van der Waals surface area contributed by atoms with Gasteiger partial charge in [-0.2, -0.15) is 4.98 Å². The Morgan fingerprint density at radius 3 is 2.68 bits per heavy atom. The predicted octanol–water partition coefficient (Wildman–Crippen LogP) is 2.44. The standard InChI is InChI=1S/C16H12N6/c17-16-20-15-9-12(11-4-3-6-18-10-11)8-14(22(15)21-16)13-5-1-2-7-19-13/h1-10H,(H2,17,21). The van der Waals surface area contributed by atoms with Gasteiger partial charge < -0.3 is 5.73 Å². The number of nitrogen functional groups attached to an aromatic ring is 1. The molecule has 106 valence electrons. The summed E-state index contributed by atoms with van der Waals surface area (Å²) in [5, 5.41) is 4.25. The lowest BCUT2D eigenvalue weighted by molar-refractivity contribution is 0.969. The summed E-state index contributed by atoms with van der Waals surface area (Å²) < 4.78 is 1.71. The van der Waals surface area contributed by atoms with Crippen LogP contribution in [0.4, 0.5) is 5.95 Å². The maximum absolute atomic E-state index is 5.75. The molecule has 22 heavy (non-hydrogen) atoms. The molecule has 6 heteroatoms. The van der Waals surface area contributed by atoms with Crippen molar-refractivity contribution in [3.05, 3.63) is 61.1 Å². The number of nitrogens with two attached hydrogens (primary N) is 1. The van der Waals surface area contributed by atoms with Gasteiger partial charge in [0.15, 0.2) is 5.65 Å². The van der Waals surface area contributed by atoms with Crippen molar-refractivity contribution < 1.29 is 0 Å². The molecule has 4 heterocycles. The fraction of sp³-hybridized carbons (Fsp3) is 0. The Bertz CT molecular complexity index is 931. The summed E-state index contributed by atoms with van der Waals surface area (Å²) in [5.74, 6) is 0.237. The largest absolute Gasteiger partial charge is 0.366 e. The second-order valence-electron chi connectivity index (χ2n) is 4.83. The molecule has 0 aromatic carbocycles. The van der Waals surface area contributed by atoms with E-state index in [1.807, 2.05) is 48.7 Å². The lowest BCUT2D eigenvalue weighted by atomic mass is 10.1. The smallest absolute Gasteiger partial charge is 0.240 e. The number of hydrogen-bond acceptors (Lipinski definition) is 5. The number of anilines is 1. The molecule has 0 fully saturated rings. The quantitative estimate of drug-likeness (QED) is 0.612. The molecule has 4 aromatic heterocycles. The first-order valence-electron chi connectivity index (χ1n) is 6.79. The van der Waals surface area contributed by atoms with Crippen LogP contribution in [0.15, 0.2) is 61.1 Å². The summed E-state index contributed by atoms with van der Waals surface area (Å²) in [6.07, 6.45) is 5.31. The van der Waals surface area contributed by atoms with E-state index in [0.29, 0.717) is 5.65 Å². The second-order valence-corrected chi connectivity index (χ2v) is 4.83. The lowest BCUT2D eigenvalue weighted by Gasteiger charge is -2.07. The molecule has 0 saturated heterocycles. The van der Waals surface area contributed by atoms with E-state index in [1.54, 1.807) is 16.9 Å². The van der Waals surface area contributed by atoms with Gasteiger partial charge >= 0.3 is 0 Å². The van der Waals surface area contributed by atoms with Crippen LogP contribution in [-0.2, 0) is 0 Å². The van der Waals surface area contributed by atoms with Crippen molar-refractivity contribution in [2.45, 2.75) is 0 Å². The second kappa shape index (κ2) is 4.92. The fourth-order valence-corrected chi connectivity index (χ4v) is 2.40. The Labute approximate surface area is 126 Å². The highest BCUT2D eigenvalue weighted by molar-refractivity contribution is 5.73. The predicted molar refractivity (Wildman–Crippen MR) is 83.9 cm³/mol. The van der Waals surface area contributed by atoms with E-state index in [1.165, 1.54) is 0 Å². The van der Waals surface area contributed by atoms with Crippen LogP contribution in [0.5, 0.6) is 0 Å². The Balaban J connectivity index is 2.02. The van der Waals surface area contributed by atoms with Gasteiger partial charge in [0.05, 0.1) is 11.4 Å². The van der Waals surface area contributed by atoms with Crippen molar-refractivity contribution in [2.24, 2.45) is 0 Å². The van der Waals surface area contributed by atoms with Crippen molar-refractivity contribution in [3.63, 3.8) is 0 Å². The van der Waals surface area contributed by atoms with E-state index in [2.05, 4.69) is 20.1 Å². The molecule has 0 aliphatic rings. The highest BCUT2D eigenvalue weighted by Crippen LogP contribution is 2.26. The van der Waals surface area contributed by atoms with Gasteiger partial charge in [0.2, 0.25) is 5.95 Å². The number of hydrogen-bond donors (Lipinski definition) is 1. The molecule has 0 saturated carbocycles. The van der Waals surface area contributed by atoms with Gasteiger partial charge in [0, 0.05) is 24.2 Å². The molecule has 0 unspecified atom stereocenters. The molecular weight excluding hydrogens is 276 g/mol. The summed E-state index contributed by atoms with van der Waals surface area (Å²) in [4.78, 5) is 12.8. The monoisotopic (exact) mass is 288 g/mol. The van der Waals surface area contributed by atoms with E-state index in [9.17, 15) is 0 Å². The fourth-order valence-electron chi connectivity index (χ4n) is 2.40. The van der Waals surface area contributed by atoms with Crippen molar-refractivity contribution in [1.82, 2.24) is 24.6 Å². The summed E-state index contributed by atoms with van der Waals surface area (Å²) in [6, 6.07) is 13.6. The van der Waals surface area contributed by atoms with Crippen LogP contribution < -0.4 is 5.73 Å². The zero-order valence-corrected chi connectivity index (χ0v) is 11.6. The average molecular weight is 288 g/mol. The van der Waals surface area contributed by atoms with Crippen molar-refractivity contribution in [3.8, 4) is 22.5 Å². The Morgan fingerprint density at radius 2 is 1.91 bits per heavy atom. The maximum atomic E-state index is 5.75. The van der Waals surface area contributed by atoms with Crippen LogP contribution in [0.1, 0.15) is 0 Å². The van der Waals surface area contributed by atoms with Gasteiger partial charge in [0.1, 0.15) is 0 Å². The number of aromatic nitrogens is 5. The Hall–Kier alpha value is -3.28. The molecular formula is C16H12N6. The van der Waals surface area contributed by atoms with Crippen molar-refractivity contribution in [1.29, 1.82) is 0 Å². The zero-order valence-electron chi connectivity index (χ0n) is 11.6. The summed E-state index contributed by atoms with van der Waals surface area (Å²) in [6.45, 7) is 0. The maximum Gasteiger partial charge on any atom is 0.240 e. The topological polar surface area (TPSA) is 82.0 Å². The first kappa shape index (κ1) is 12.5. The highest BCUT2D eigenvalue weighted by atomic mass is 15.3. The Morgan fingerprint density at radius 1 is 0.955 bits per heavy atom. The lowest BCUT2D eigenvalue weighted by Crippen LogP contribution is -1.97. The molecule has 4 aromatic rings. The van der Waals surface area contributed by atoms with E-state index >= 15 is 0 Å². The molecule has 0 bridgehead atoms. The molecule has 0 aliphatic heterocycles. The van der Waals surface area contributed by atoms with Crippen LogP contribution >= 0.6 is 0 Å². The minimum absolute atomic E-state index is 0.237. The number of rotatable bonds is 2. The van der Waals surface area contributed by atoms with Crippen LogP contribution in [0.25, 0.3) is 28.2 Å².